The highest BCUT2D eigenvalue weighted by atomic mass is 32.2. The Morgan fingerprint density at radius 3 is 2.73 bits per heavy atom. The van der Waals surface area contributed by atoms with E-state index in [-0.39, 0.29) is 5.91 Å². The summed E-state index contributed by atoms with van der Waals surface area (Å²) >= 11 is 0. The lowest BCUT2D eigenvalue weighted by Crippen LogP contribution is -2.23. The molecule has 0 aliphatic heterocycles. The SMILES string of the molecule is Cc1nccn1-c1cc(CNC(=O)c2cccc(CS(C)=O)c2)ccn1. The monoisotopic (exact) mass is 368 g/mol. The number of nitrogens with one attached hydrogen (secondary N) is 1. The first-order chi connectivity index (χ1) is 12.5. The van der Waals surface area contributed by atoms with Gasteiger partial charge in [0, 0.05) is 53.5 Å². The van der Waals surface area contributed by atoms with Crippen molar-refractivity contribution in [2.24, 2.45) is 0 Å². The quantitative estimate of drug-likeness (QED) is 0.725. The molecule has 2 aromatic heterocycles. The van der Waals surface area contributed by atoms with Crippen molar-refractivity contribution in [2.75, 3.05) is 6.26 Å². The van der Waals surface area contributed by atoms with Gasteiger partial charge in [0.15, 0.2) is 0 Å². The van der Waals surface area contributed by atoms with Gasteiger partial charge in [-0.05, 0) is 42.3 Å². The highest BCUT2D eigenvalue weighted by Crippen LogP contribution is 2.11. The number of nitrogens with zero attached hydrogens (tertiary/aromatic N) is 3. The number of carbonyl (C=O) groups is 1. The van der Waals surface area contributed by atoms with E-state index in [1.54, 1.807) is 30.8 Å². The van der Waals surface area contributed by atoms with Crippen LogP contribution in [0.5, 0.6) is 0 Å². The van der Waals surface area contributed by atoms with E-state index in [1.807, 2.05) is 42.0 Å². The fraction of sp³-hybridized carbons (Fsp3) is 0.211. The molecule has 0 aliphatic rings. The summed E-state index contributed by atoms with van der Waals surface area (Å²) in [4.78, 5) is 21.0. The van der Waals surface area contributed by atoms with Gasteiger partial charge in [0.05, 0.1) is 0 Å². The van der Waals surface area contributed by atoms with Crippen molar-refractivity contribution in [3.63, 3.8) is 0 Å². The number of aromatic nitrogens is 3. The molecule has 0 saturated carbocycles. The van der Waals surface area contributed by atoms with E-state index in [9.17, 15) is 9.00 Å². The van der Waals surface area contributed by atoms with Crippen LogP contribution >= 0.6 is 0 Å². The molecular weight excluding hydrogens is 348 g/mol. The van der Waals surface area contributed by atoms with Crippen LogP contribution in [0.1, 0.15) is 27.3 Å². The maximum absolute atomic E-state index is 12.4. The van der Waals surface area contributed by atoms with Gasteiger partial charge in [-0.2, -0.15) is 0 Å². The number of pyridine rings is 1. The summed E-state index contributed by atoms with van der Waals surface area (Å²) in [6.45, 7) is 2.30. The molecule has 6 nitrogen and oxygen atoms in total. The van der Waals surface area contributed by atoms with E-state index in [1.165, 1.54) is 0 Å². The Morgan fingerprint density at radius 2 is 2.00 bits per heavy atom. The smallest absolute Gasteiger partial charge is 0.251 e. The maximum Gasteiger partial charge on any atom is 0.251 e. The van der Waals surface area contributed by atoms with E-state index >= 15 is 0 Å². The Hall–Kier alpha value is -2.80. The predicted molar refractivity (Wildman–Crippen MR) is 101 cm³/mol. The van der Waals surface area contributed by atoms with Crippen molar-refractivity contribution in [2.45, 2.75) is 19.2 Å². The standard InChI is InChI=1S/C19H20N4O2S/c1-14-20-8-9-23(14)18-11-15(6-7-21-18)12-22-19(24)17-5-3-4-16(10-17)13-26(2)25/h3-11H,12-13H2,1-2H3,(H,22,24). The van der Waals surface area contributed by atoms with E-state index in [0.29, 0.717) is 17.9 Å². The van der Waals surface area contributed by atoms with E-state index in [0.717, 1.165) is 22.8 Å². The molecule has 0 radical (unpaired) electrons. The van der Waals surface area contributed by atoms with E-state index < -0.39 is 10.8 Å². The summed E-state index contributed by atoms with van der Waals surface area (Å²) in [5, 5.41) is 2.92. The lowest BCUT2D eigenvalue weighted by atomic mass is 10.1. The van der Waals surface area contributed by atoms with Crippen LogP contribution in [0, 0.1) is 6.92 Å². The normalized spacial score (nSPS) is 11.9. The molecule has 1 unspecified atom stereocenters. The summed E-state index contributed by atoms with van der Waals surface area (Å²) in [6, 6.07) is 11.0. The third-order valence-electron chi connectivity index (χ3n) is 3.89. The number of amides is 1. The van der Waals surface area contributed by atoms with Crippen molar-refractivity contribution >= 4 is 16.7 Å². The molecule has 134 valence electrons. The Labute approximate surface area is 154 Å². The van der Waals surface area contributed by atoms with Crippen molar-refractivity contribution in [1.82, 2.24) is 19.9 Å². The average molecular weight is 368 g/mol. The largest absolute Gasteiger partial charge is 0.348 e. The molecule has 3 rings (SSSR count). The molecule has 0 aliphatic carbocycles. The molecule has 2 heterocycles. The van der Waals surface area contributed by atoms with Crippen LogP contribution in [0.25, 0.3) is 5.82 Å². The average Bonchev–Trinajstić information content (AvgIpc) is 3.05. The second-order valence-electron chi connectivity index (χ2n) is 5.97. The highest BCUT2D eigenvalue weighted by Gasteiger charge is 2.08. The van der Waals surface area contributed by atoms with Gasteiger partial charge < -0.3 is 5.32 Å². The minimum absolute atomic E-state index is 0.161. The van der Waals surface area contributed by atoms with Gasteiger partial charge in [-0.25, -0.2) is 9.97 Å². The molecule has 1 N–H and O–H groups in total. The summed E-state index contributed by atoms with van der Waals surface area (Å²) in [5.41, 5.74) is 2.40. The maximum atomic E-state index is 12.4. The van der Waals surface area contributed by atoms with Crippen molar-refractivity contribution < 1.29 is 9.00 Å². The number of benzene rings is 1. The molecule has 7 heteroatoms. The Balaban J connectivity index is 1.68. The Bertz CT molecular complexity index is 952. The van der Waals surface area contributed by atoms with Crippen LogP contribution in [0.3, 0.4) is 0 Å². The van der Waals surface area contributed by atoms with Crippen LogP contribution in [0.4, 0.5) is 0 Å². The second-order valence-corrected chi connectivity index (χ2v) is 7.40. The van der Waals surface area contributed by atoms with Crippen LogP contribution in [-0.4, -0.2) is 30.9 Å². The summed E-state index contributed by atoms with van der Waals surface area (Å²) < 4.78 is 13.2. The number of rotatable bonds is 6. The third kappa shape index (κ3) is 4.43. The van der Waals surface area contributed by atoms with Crippen molar-refractivity contribution in [1.29, 1.82) is 0 Å². The minimum atomic E-state index is -0.937. The summed E-state index contributed by atoms with van der Waals surface area (Å²) in [5.74, 6) is 1.90. The Kier molecular flexibility index (Phi) is 5.58. The van der Waals surface area contributed by atoms with Gasteiger partial charge in [-0.15, -0.1) is 0 Å². The second kappa shape index (κ2) is 8.05. The van der Waals surface area contributed by atoms with Gasteiger partial charge in [0.2, 0.25) is 0 Å². The zero-order chi connectivity index (χ0) is 18.5. The molecule has 3 aromatic rings. The Morgan fingerprint density at radius 1 is 1.15 bits per heavy atom. The molecule has 0 fully saturated rings. The first kappa shape index (κ1) is 18.0. The first-order valence-corrected chi connectivity index (χ1v) is 9.88. The lowest BCUT2D eigenvalue weighted by molar-refractivity contribution is 0.0951. The molecule has 0 spiro atoms. The predicted octanol–water partition coefficient (Wildman–Crippen LogP) is 2.38. The minimum Gasteiger partial charge on any atom is -0.348 e. The molecule has 1 atom stereocenters. The van der Waals surface area contributed by atoms with Crippen LogP contribution in [0.15, 0.2) is 55.0 Å². The van der Waals surface area contributed by atoms with Gasteiger partial charge in [0.1, 0.15) is 11.6 Å². The molecule has 0 bridgehead atoms. The van der Waals surface area contributed by atoms with E-state index in [4.69, 9.17) is 0 Å². The highest BCUT2D eigenvalue weighted by molar-refractivity contribution is 7.83. The molecular formula is C19H20N4O2S. The number of aryl methyl sites for hydroxylation is 1. The lowest BCUT2D eigenvalue weighted by Gasteiger charge is -2.09. The van der Waals surface area contributed by atoms with Gasteiger partial charge in [-0.1, -0.05) is 12.1 Å². The van der Waals surface area contributed by atoms with Crippen molar-refractivity contribution in [3.05, 3.63) is 77.5 Å². The molecule has 1 amide bonds. The third-order valence-corrected chi connectivity index (χ3v) is 4.63. The van der Waals surface area contributed by atoms with Crippen LogP contribution in [-0.2, 0) is 23.1 Å². The van der Waals surface area contributed by atoms with Crippen LogP contribution < -0.4 is 5.32 Å². The number of imidazole rings is 1. The first-order valence-electron chi connectivity index (χ1n) is 8.15. The molecule has 26 heavy (non-hydrogen) atoms. The number of hydrogen-bond donors (Lipinski definition) is 1. The summed E-state index contributed by atoms with van der Waals surface area (Å²) in [6.07, 6.45) is 6.94. The fourth-order valence-electron chi connectivity index (χ4n) is 2.64. The number of hydrogen-bond acceptors (Lipinski definition) is 4. The topological polar surface area (TPSA) is 76.9 Å². The van der Waals surface area contributed by atoms with Gasteiger partial charge in [0.25, 0.3) is 5.91 Å². The van der Waals surface area contributed by atoms with Gasteiger partial charge >= 0.3 is 0 Å². The summed E-state index contributed by atoms with van der Waals surface area (Å²) in [7, 11) is -0.937. The van der Waals surface area contributed by atoms with Crippen LogP contribution in [0.2, 0.25) is 0 Å². The zero-order valence-electron chi connectivity index (χ0n) is 14.7. The van der Waals surface area contributed by atoms with E-state index in [2.05, 4.69) is 15.3 Å². The molecule has 0 saturated heterocycles. The number of carbonyl (C=O) groups excluding carboxylic acids is 1. The zero-order valence-corrected chi connectivity index (χ0v) is 15.5. The molecule has 1 aromatic carbocycles. The van der Waals surface area contributed by atoms with Crippen molar-refractivity contribution in [3.8, 4) is 5.82 Å². The van der Waals surface area contributed by atoms with Gasteiger partial charge in [-0.3, -0.25) is 13.6 Å². The fourth-order valence-corrected chi connectivity index (χ4v) is 3.29.